The first-order valence-corrected chi connectivity index (χ1v) is 4.16. The third kappa shape index (κ3) is 1.65. The Hall–Kier alpha value is -0.591. The van der Waals surface area contributed by atoms with Gasteiger partial charge in [0.15, 0.2) is 0 Å². The van der Waals surface area contributed by atoms with Crippen LogP contribution in [0.1, 0.15) is 0 Å². The zero-order chi connectivity index (χ0) is 11.1. The molecule has 0 fully saturated rings. The van der Waals surface area contributed by atoms with Gasteiger partial charge in [-0.3, -0.25) is 0 Å². The van der Waals surface area contributed by atoms with E-state index >= 15 is 0 Å². The third-order valence-corrected chi connectivity index (χ3v) is 2.48. The van der Waals surface area contributed by atoms with E-state index in [2.05, 4.69) is 20.3 Å². The molecule has 0 radical (unpaired) electrons. The maximum absolute atomic E-state index is 10.7. The van der Waals surface area contributed by atoms with E-state index in [1.807, 2.05) is 0 Å². The van der Waals surface area contributed by atoms with Gasteiger partial charge in [-0.15, -0.1) is 0 Å². The predicted octanol–water partition coefficient (Wildman–Crippen LogP) is -0.784. The van der Waals surface area contributed by atoms with Crippen molar-refractivity contribution in [1.82, 2.24) is 0 Å². The van der Waals surface area contributed by atoms with Crippen molar-refractivity contribution < 1.29 is 45.5 Å². The Kier molecular flexibility index (Phi) is 2.89. The first-order valence-electron chi connectivity index (χ1n) is 3.23. The van der Waals surface area contributed by atoms with Gasteiger partial charge in [-0.05, 0) is 0 Å². The van der Waals surface area contributed by atoms with Crippen LogP contribution in [-0.2, 0) is 25.1 Å². The van der Waals surface area contributed by atoms with Crippen molar-refractivity contribution in [2.75, 3.05) is 0 Å². The van der Waals surface area contributed by atoms with Crippen LogP contribution in [0.15, 0.2) is 11.5 Å². The Morgan fingerprint density at radius 2 is 2.07 bits per heavy atom. The topological polar surface area (TPSA) is 107 Å². The molecule has 0 aromatic heterocycles. The summed E-state index contributed by atoms with van der Waals surface area (Å²) in [5, 5.41) is 33.6. The molecule has 0 amide bonds. The molecule has 1 heterocycles. The molecule has 0 saturated heterocycles. The number of carbonyl (C=O) groups is 1. The number of halogens is 1. The molecule has 1 aliphatic heterocycles. The van der Waals surface area contributed by atoms with Crippen molar-refractivity contribution in [3.8, 4) is 0 Å². The maximum atomic E-state index is 10.7. The van der Waals surface area contributed by atoms with E-state index in [1.54, 1.807) is 0 Å². The fourth-order valence-electron chi connectivity index (χ4n) is 0.812. The molecule has 6 nitrogen and oxygen atoms in total. The zero-order valence-electron chi connectivity index (χ0n) is 6.41. The van der Waals surface area contributed by atoms with E-state index in [1.165, 1.54) is 0 Å². The van der Waals surface area contributed by atoms with Crippen LogP contribution in [0.25, 0.3) is 0 Å². The van der Waals surface area contributed by atoms with Crippen LogP contribution < -0.4 is 0 Å². The molecule has 0 aliphatic carbocycles. The molecule has 1 aliphatic rings. The van der Waals surface area contributed by atoms with Crippen LogP contribution in [0.2, 0.25) is 0 Å². The second-order valence-corrected chi connectivity index (χ2v) is 3.57. The molecule has 80 valence electrons. The van der Waals surface area contributed by atoms with Gasteiger partial charge in [-0.25, -0.2) is 0 Å². The molecule has 2 atom stereocenters. The number of hydrogen-bond acceptors (Lipinski definition) is 6. The third-order valence-electron chi connectivity index (χ3n) is 1.54. The quantitative estimate of drug-likeness (QED) is 0.296. The first kappa shape index (κ1) is 11.5. The molecule has 14 heavy (non-hydrogen) atoms. The first-order chi connectivity index (χ1) is 6.28. The van der Waals surface area contributed by atoms with Gasteiger partial charge in [0.25, 0.3) is 0 Å². The molecular formula is C6H5ClFeO6. The van der Waals surface area contributed by atoms with Gasteiger partial charge in [0.05, 0.1) is 0 Å². The van der Waals surface area contributed by atoms with Gasteiger partial charge in [0.2, 0.25) is 0 Å². The van der Waals surface area contributed by atoms with E-state index in [9.17, 15) is 9.90 Å². The zero-order valence-corrected chi connectivity index (χ0v) is 8.27. The number of aliphatic hydroxyl groups excluding tert-OH is 3. The van der Waals surface area contributed by atoms with Crippen LogP contribution in [0.3, 0.4) is 0 Å². The van der Waals surface area contributed by atoms with Crippen molar-refractivity contribution in [3.05, 3.63) is 11.5 Å². The molecular weight excluding hydrogens is 259 g/mol. The van der Waals surface area contributed by atoms with Crippen LogP contribution in [0, 0.1) is 0 Å². The van der Waals surface area contributed by atoms with Crippen molar-refractivity contribution >= 4 is 22.2 Å². The summed E-state index contributed by atoms with van der Waals surface area (Å²) in [5.74, 6) is -3.26. The van der Waals surface area contributed by atoms with Crippen LogP contribution in [0.4, 0.5) is 0 Å². The summed E-state index contributed by atoms with van der Waals surface area (Å²) in [6.45, 7) is 0. The summed E-state index contributed by atoms with van der Waals surface area (Å²) >= 11 is 8.25. The van der Waals surface area contributed by atoms with Crippen LogP contribution in [-0.4, -0.2) is 42.2 Å². The van der Waals surface area contributed by atoms with E-state index in [-0.39, 0.29) is 0 Å². The van der Waals surface area contributed by atoms with E-state index in [0.717, 1.165) is 0 Å². The average molecular weight is 264 g/mol. The number of ether oxygens (including phenoxy) is 1. The van der Waals surface area contributed by atoms with Gasteiger partial charge in [-0.2, -0.15) is 0 Å². The Bertz CT molecular complexity index is 335. The molecule has 0 unspecified atom stereocenters. The minimum atomic E-state index is -2.57. The van der Waals surface area contributed by atoms with Gasteiger partial charge in [0, 0.05) is 0 Å². The molecule has 0 spiro atoms. The second-order valence-electron chi connectivity index (χ2n) is 2.47. The summed E-state index contributed by atoms with van der Waals surface area (Å²) in [5.41, 5.74) is 0. The van der Waals surface area contributed by atoms with E-state index < -0.39 is 33.3 Å². The normalized spacial score (nSPS) is 26.0. The number of aliphatic hydroxyl groups is 4. The minimum absolute atomic E-state index is 0.918. The van der Waals surface area contributed by atoms with Crippen LogP contribution in [0.5, 0.6) is 0 Å². The molecule has 4 N–H and O–H groups in total. The molecule has 1 rings (SSSR count). The summed E-state index contributed by atoms with van der Waals surface area (Å²) in [6.07, 6.45) is -1.77. The molecule has 8 heteroatoms. The Morgan fingerprint density at radius 3 is 2.36 bits per heavy atom. The summed E-state index contributed by atoms with van der Waals surface area (Å²) in [4.78, 5) is 10.7. The number of esters is 1. The number of alkyl halides is 1. The van der Waals surface area contributed by atoms with Crippen molar-refractivity contribution in [1.29, 1.82) is 0 Å². The monoisotopic (exact) mass is 264 g/mol. The standard InChI is InChI=1S/C6H5ClO6.Fe/c7-6(12,1-8)4-2(9)3(10)5(11)13-4;/h4,8-10,12H;/t4-,6-;/m0./s1. The predicted molar refractivity (Wildman–Crippen MR) is 39.9 cm³/mol. The number of rotatable bonds is 2. The summed E-state index contributed by atoms with van der Waals surface area (Å²) in [7, 11) is 0. The number of cyclic esters (lactones) is 1. The van der Waals surface area contributed by atoms with E-state index in [4.69, 9.17) is 26.9 Å². The second kappa shape index (κ2) is 3.52. The van der Waals surface area contributed by atoms with Gasteiger partial charge in [-0.1, -0.05) is 0 Å². The number of carbonyl (C=O) groups excluding carboxylic acids is 1. The number of hydrogen-bond donors (Lipinski definition) is 4. The van der Waals surface area contributed by atoms with Gasteiger partial charge in [0.1, 0.15) is 0 Å². The fraction of sp³-hybridized carbons (Fsp3) is 0.333. The van der Waals surface area contributed by atoms with Gasteiger partial charge >= 0.3 is 90.4 Å². The molecule has 0 aromatic rings. The van der Waals surface area contributed by atoms with Crippen molar-refractivity contribution in [2.24, 2.45) is 0 Å². The SMILES string of the molecule is O=C1O[C@H]([C@](O)(Cl)[C](O)=[Fe])C(O)=C1O. The molecule has 0 bridgehead atoms. The Balaban J connectivity index is 3.05. The van der Waals surface area contributed by atoms with Gasteiger partial charge < -0.3 is 0 Å². The Labute approximate surface area is 90.7 Å². The van der Waals surface area contributed by atoms with E-state index in [0.29, 0.717) is 0 Å². The molecule has 0 aromatic carbocycles. The average Bonchev–Trinajstić information content (AvgIpc) is 2.33. The van der Waals surface area contributed by atoms with Crippen molar-refractivity contribution in [3.63, 3.8) is 0 Å². The fourth-order valence-corrected chi connectivity index (χ4v) is 1.10. The Morgan fingerprint density at radius 1 is 1.57 bits per heavy atom. The summed E-state index contributed by atoms with van der Waals surface area (Å²) < 4.78 is 3.38. The molecule has 0 saturated carbocycles. The van der Waals surface area contributed by atoms with Crippen molar-refractivity contribution in [2.45, 2.75) is 11.2 Å². The summed E-state index contributed by atoms with van der Waals surface area (Å²) in [6, 6.07) is 0. The van der Waals surface area contributed by atoms with Crippen LogP contribution >= 0.6 is 11.6 Å².